The predicted octanol–water partition coefficient (Wildman–Crippen LogP) is 2.62. The van der Waals surface area contributed by atoms with E-state index in [4.69, 9.17) is 9.05 Å². The summed E-state index contributed by atoms with van der Waals surface area (Å²) in [6.45, 7) is 4.82. The molecule has 1 saturated heterocycles. The molecule has 1 atom stereocenters. The van der Waals surface area contributed by atoms with E-state index in [0.717, 1.165) is 55.6 Å². The van der Waals surface area contributed by atoms with Gasteiger partial charge < -0.3 is 9.05 Å². The summed E-state index contributed by atoms with van der Waals surface area (Å²) in [5.74, 6) is 3.50. The van der Waals surface area contributed by atoms with Crippen molar-refractivity contribution in [1.29, 1.82) is 0 Å². The van der Waals surface area contributed by atoms with E-state index in [1.807, 2.05) is 13.0 Å². The van der Waals surface area contributed by atoms with Crippen LogP contribution in [0.1, 0.15) is 60.7 Å². The smallest absolute Gasteiger partial charge is 0.229 e. The minimum absolute atomic E-state index is 0.378. The second-order valence-electron chi connectivity index (χ2n) is 6.27. The highest BCUT2D eigenvalue weighted by Crippen LogP contribution is 2.39. The Balaban J connectivity index is 1.41. The Morgan fingerprint density at radius 1 is 1.19 bits per heavy atom. The fourth-order valence-corrected chi connectivity index (χ4v) is 3.04. The molecule has 2 aromatic heterocycles. The lowest BCUT2D eigenvalue weighted by Gasteiger charge is -2.30. The molecule has 1 saturated carbocycles. The zero-order valence-corrected chi connectivity index (χ0v) is 12.3. The maximum Gasteiger partial charge on any atom is 0.229 e. The molecule has 0 N–H and O–H groups in total. The van der Waals surface area contributed by atoms with Crippen LogP contribution in [-0.2, 0) is 6.54 Å². The predicted molar refractivity (Wildman–Crippen MR) is 74.8 cm³/mol. The number of likely N-dealkylation sites (tertiary alicyclic amines) is 1. The van der Waals surface area contributed by atoms with Crippen molar-refractivity contribution >= 4 is 0 Å². The first-order valence-electron chi connectivity index (χ1n) is 7.76. The van der Waals surface area contributed by atoms with Crippen molar-refractivity contribution < 1.29 is 9.05 Å². The van der Waals surface area contributed by atoms with Crippen LogP contribution in [-0.4, -0.2) is 33.3 Å². The largest absolute Gasteiger partial charge is 0.361 e. The molecule has 0 radical (unpaired) electrons. The molecular weight excluding hydrogens is 268 g/mol. The van der Waals surface area contributed by atoms with Crippen LogP contribution in [0.2, 0.25) is 0 Å². The van der Waals surface area contributed by atoms with E-state index in [9.17, 15) is 0 Å². The first-order chi connectivity index (χ1) is 10.3. The van der Waals surface area contributed by atoms with Crippen molar-refractivity contribution in [1.82, 2.24) is 20.2 Å². The van der Waals surface area contributed by atoms with Crippen molar-refractivity contribution in [3.05, 3.63) is 29.2 Å². The third-order valence-electron chi connectivity index (χ3n) is 4.32. The van der Waals surface area contributed by atoms with Crippen LogP contribution in [0, 0.1) is 6.92 Å². The van der Waals surface area contributed by atoms with Gasteiger partial charge >= 0.3 is 0 Å². The average Bonchev–Trinajstić information content (AvgIpc) is 3.07. The number of aromatic nitrogens is 3. The molecule has 1 aliphatic heterocycles. The summed E-state index contributed by atoms with van der Waals surface area (Å²) in [7, 11) is 0. The van der Waals surface area contributed by atoms with Crippen LogP contribution in [0.15, 0.2) is 15.1 Å². The number of hydrogen-bond donors (Lipinski definition) is 0. The quantitative estimate of drug-likeness (QED) is 0.861. The molecule has 112 valence electrons. The summed E-state index contributed by atoms with van der Waals surface area (Å²) in [5, 5.41) is 8.28. The molecule has 21 heavy (non-hydrogen) atoms. The van der Waals surface area contributed by atoms with Crippen LogP contribution < -0.4 is 0 Å². The van der Waals surface area contributed by atoms with Gasteiger partial charge in [-0.1, -0.05) is 10.3 Å². The minimum Gasteiger partial charge on any atom is -0.361 e. The van der Waals surface area contributed by atoms with Gasteiger partial charge in [-0.15, -0.1) is 0 Å². The first kappa shape index (κ1) is 13.0. The molecule has 1 unspecified atom stereocenters. The van der Waals surface area contributed by atoms with Gasteiger partial charge in [-0.3, -0.25) is 4.90 Å². The number of piperidine rings is 1. The summed E-state index contributed by atoms with van der Waals surface area (Å²) in [6.07, 6.45) is 4.70. The Morgan fingerprint density at radius 2 is 2.10 bits per heavy atom. The van der Waals surface area contributed by atoms with Crippen molar-refractivity contribution in [2.45, 2.75) is 51.0 Å². The molecule has 2 aliphatic rings. The Hall–Kier alpha value is -1.69. The standard InChI is InChI=1S/C15H20N4O2/c1-10-7-13(17-20-10)9-19-6-2-3-12(8-19)14-16-15(21-18-14)11-4-5-11/h7,11-12H,2-6,8-9H2,1H3. The minimum atomic E-state index is 0.378. The normalized spacial score (nSPS) is 23.6. The molecule has 0 spiro atoms. The second-order valence-corrected chi connectivity index (χ2v) is 6.27. The number of nitrogens with zero attached hydrogens (tertiary/aromatic N) is 4. The van der Waals surface area contributed by atoms with E-state index in [2.05, 4.69) is 20.2 Å². The molecule has 6 heteroatoms. The van der Waals surface area contributed by atoms with Crippen molar-refractivity contribution in [3.63, 3.8) is 0 Å². The van der Waals surface area contributed by atoms with Crippen LogP contribution in [0.5, 0.6) is 0 Å². The molecule has 4 rings (SSSR count). The van der Waals surface area contributed by atoms with Crippen LogP contribution in [0.25, 0.3) is 0 Å². The number of aryl methyl sites for hydroxylation is 1. The molecule has 1 aliphatic carbocycles. The van der Waals surface area contributed by atoms with Crippen molar-refractivity contribution in [2.24, 2.45) is 0 Å². The summed E-state index contributed by atoms with van der Waals surface area (Å²) < 4.78 is 10.5. The second kappa shape index (κ2) is 5.26. The van der Waals surface area contributed by atoms with Gasteiger partial charge in [0, 0.05) is 31.0 Å². The van der Waals surface area contributed by atoms with Crippen LogP contribution >= 0.6 is 0 Å². The van der Waals surface area contributed by atoms with Crippen molar-refractivity contribution in [2.75, 3.05) is 13.1 Å². The average molecular weight is 288 g/mol. The van der Waals surface area contributed by atoms with E-state index in [1.165, 1.54) is 12.8 Å². The molecule has 0 bridgehead atoms. The molecule has 0 amide bonds. The molecular formula is C15H20N4O2. The van der Waals surface area contributed by atoms with Gasteiger partial charge in [-0.05, 0) is 39.2 Å². The van der Waals surface area contributed by atoms with Gasteiger partial charge in [-0.2, -0.15) is 4.98 Å². The fourth-order valence-electron chi connectivity index (χ4n) is 3.04. The van der Waals surface area contributed by atoms with Gasteiger partial charge in [-0.25, -0.2) is 0 Å². The first-order valence-corrected chi connectivity index (χ1v) is 7.76. The lowest BCUT2D eigenvalue weighted by molar-refractivity contribution is 0.190. The highest BCUT2D eigenvalue weighted by molar-refractivity contribution is 5.07. The van der Waals surface area contributed by atoms with Crippen LogP contribution in [0.3, 0.4) is 0 Å². The van der Waals surface area contributed by atoms with Crippen LogP contribution in [0.4, 0.5) is 0 Å². The molecule has 3 heterocycles. The number of rotatable bonds is 4. The lowest BCUT2D eigenvalue weighted by atomic mass is 9.97. The Kier molecular flexibility index (Phi) is 3.25. The van der Waals surface area contributed by atoms with E-state index in [0.29, 0.717) is 11.8 Å². The summed E-state index contributed by atoms with van der Waals surface area (Å²) in [6, 6.07) is 2.00. The van der Waals surface area contributed by atoms with Gasteiger partial charge in [0.05, 0.1) is 5.69 Å². The van der Waals surface area contributed by atoms with Gasteiger partial charge in [0.2, 0.25) is 5.89 Å². The maximum absolute atomic E-state index is 5.39. The zero-order valence-electron chi connectivity index (χ0n) is 12.3. The SMILES string of the molecule is Cc1cc(CN2CCCC(c3noc(C4CC4)n3)C2)no1. The summed E-state index contributed by atoms with van der Waals surface area (Å²) >= 11 is 0. The summed E-state index contributed by atoms with van der Waals surface area (Å²) in [5.41, 5.74) is 1.000. The highest BCUT2D eigenvalue weighted by Gasteiger charge is 2.32. The van der Waals surface area contributed by atoms with Gasteiger partial charge in [0.15, 0.2) is 5.82 Å². The fraction of sp³-hybridized carbons (Fsp3) is 0.667. The molecule has 2 aromatic rings. The van der Waals surface area contributed by atoms with E-state index in [-0.39, 0.29) is 0 Å². The van der Waals surface area contributed by atoms with Crippen molar-refractivity contribution in [3.8, 4) is 0 Å². The topological polar surface area (TPSA) is 68.2 Å². The van der Waals surface area contributed by atoms with E-state index < -0.39 is 0 Å². The maximum atomic E-state index is 5.39. The van der Waals surface area contributed by atoms with Gasteiger partial charge in [0.25, 0.3) is 0 Å². The van der Waals surface area contributed by atoms with Gasteiger partial charge in [0.1, 0.15) is 5.76 Å². The molecule has 2 fully saturated rings. The number of hydrogen-bond acceptors (Lipinski definition) is 6. The summed E-state index contributed by atoms with van der Waals surface area (Å²) in [4.78, 5) is 7.00. The Morgan fingerprint density at radius 3 is 2.86 bits per heavy atom. The third-order valence-corrected chi connectivity index (χ3v) is 4.32. The lowest BCUT2D eigenvalue weighted by Crippen LogP contribution is -2.34. The Bertz CT molecular complexity index is 617. The third kappa shape index (κ3) is 2.85. The highest BCUT2D eigenvalue weighted by atomic mass is 16.5. The molecule has 6 nitrogen and oxygen atoms in total. The van der Waals surface area contributed by atoms with E-state index >= 15 is 0 Å². The van der Waals surface area contributed by atoms with E-state index in [1.54, 1.807) is 0 Å². The Labute approximate surface area is 123 Å². The molecule has 0 aromatic carbocycles. The monoisotopic (exact) mass is 288 g/mol. The zero-order chi connectivity index (χ0) is 14.2.